The molecule has 2 aromatic rings. The second-order valence-corrected chi connectivity index (χ2v) is 8.10. The lowest BCUT2D eigenvalue weighted by Crippen LogP contribution is -2.25. The highest BCUT2D eigenvalue weighted by Gasteiger charge is 2.21. The Bertz CT molecular complexity index is 893. The van der Waals surface area contributed by atoms with Crippen molar-refractivity contribution in [3.8, 4) is 11.5 Å². The number of nitrogens with zero attached hydrogens (tertiary/aromatic N) is 6. The Labute approximate surface area is 177 Å². The average Bonchev–Trinajstić information content (AvgIpc) is 3.49. The first-order chi connectivity index (χ1) is 14.3. The minimum Gasteiger partial charge on any atom is -0.454 e. The molecular weight excluding hydrogens is 438 g/mol. The van der Waals surface area contributed by atoms with E-state index in [4.69, 9.17) is 14.5 Å². The minimum atomic E-state index is 0.240. The van der Waals surface area contributed by atoms with Gasteiger partial charge in [-0.05, 0) is 53.7 Å². The van der Waals surface area contributed by atoms with Crippen molar-refractivity contribution >= 4 is 40.0 Å². The number of anilines is 3. The topological polar surface area (TPSA) is 88.0 Å². The van der Waals surface area contributed by atoms with Crippen LogP contribution in [0.15, 0.2) is 21.7 Å². The molecule has 0 atom stereocenters. The molecule has 0 unspecified atom stereocenters. The number of nitrogens with one attached hydrogen (secondary N) is 1. The molecule has 0 spiro atoms. The molecule has 0 amide bonds. The van der Waals surface area contributed by atoms with Crippen molar-refractivity contribution < 1.29 is 9.47 Å². The zero-order chi connectivity index (χ0) is 19.6. The van der Waals surface area contributed by atoms with Gasteiger partial charge in [-0.3, -0.25) is 0 Å². The van der Waals surface area contributed by atoms with Crippen LogP contribution in [0.4, 0.5) is 17.8 Å². The van der Waals surface area contributed by atoms with Gasteiger partial charge in [0.05, 0.1) is 6.21 Å². The van der Waals surface area contributed by atoms with Crippen LogP contribution in [0.5, 0.6) is 11.5 Å². The van der Waals surface area contributed by atoms with Crippen LogP contribution in [-0.4, -0.2) is 54.1 Å². The number of fused-ring (bicyclic) bond motifs is 1. The smallest absolute Gasteiger partial charge is 0.250 e. The molecule has 0 aliphatic carbocycles. The molecule has 0 radical (unpaired) electrons. The van der Waals surface area contributed by atoms with Gasteiger partial charge in [-0.1, -0.05) is 0 Å². The van der Waals surface area contributed by atoms with Crippen molar-refractivity contribution in [2.75, 3.05) is 48.2 Å². The Hall–Kier alpha value is -2.62. The monoisotopic (exact) mass is 459 g/mol. The van der Waals surface area contributed by atoms with Gasteiger partial charge in [-0.15, -0.1) is 0 Å². The fourth-order valence-corrected chi connectivity index (χ4v) is 4.14. The molecule has 0 bridgehead atoms. The first-order valence-electron chi connectivity index (χ1n) is 9.90. The maximum atomic E-state index is 5.43. The third-order valence-corrected chi connectivity index (χ3v) is 5.94. The lowest BCUT2D eigenvalue weighted by molar-refractivity contribution is 0.174. The fourth-order valence-electron chi connectivity index (χ4n) is 3.71. The van der Waals surface area contributed by atoms with E-state index in [0.29, 0.717) is 11.7 Å². The van der Waals surface area contributed by atoms with Gasteiger partial charge in [0.25, 0.3) is 0 Å². The summed E-state index contributed by atoms with van der Waals surface area (Å²) in [7, 11) is 0. The number of hydrazone groups is 1. The van der Waals surface area contributed by atoms with Crippen LogP contribution >= 0.6 is 15.9 Å². The van der Waals surface area contributed by atoms with Crippen LogP contribution in [-0.2, 0) is 0 Å². The second-order valence-electron chi connectivity index (χ2n) is 7.24. The summed E-state index contributed by atoms with van der Waals surface area (Å²) in [5.74, 6) is 3.34. The number of hydrogen-bond acceptors (Lipinski definition) is 9. The molecular formula is C19H22BrN7O2. The summed E-state index contributed by atoms with van der Waals surface area (Å²) >= 11 is 3.54. The Morgan fingerprint density at radius 3 is 2.10 bits per heavy atom. The van der Waals surface area contributed by atoms with E-state index < -0.39 is 0 Å². The van der Waals surface area contributed by atoms with Crippen LogP contribution in [0.25, 0.3) is 0 Å². The van der Waals surface area contributed by atoms with E-state index >= 15 is 0 Å². The predicted molar refractivity (Wildman–Crippen MR) is 114 cm³/mol. The Kier molecular flexibility index (Phi) is 5.09. The van der Waals surface area contributed by atoms with Crippen LogP contribution in [0.2, 0.25) is 0 Å². The number of hydrogen-bond donors (Lipinski definition) is 1. The van der Waals surface area contributed by atoms with Gasteiger partial charge in [-0.2, -0.15) is 20.1 Å². The lowest BCUT2D eigenvalue weighted by atomic mass is 10.2. The summed E-state index contributed by atoms with van der Waals surface area (Å²) in [6.07, 6.45) is 6.39. The molecule has 5 rings (SSSR count). The Morgan fingerprint density at radius 2 is 1.48 bits per heavy atom. The van der Waals surface area contributed by atoms with E-state index in [2.05, 4.69) is 46.2 Å². The molecule has 29 heavy (non-hydrogen) atoms. The molecule has 3 aliphatic rings. The van der Waals surface area contributed by atoms with E-state index in [1.165, 1.54) is 25.7 Å². The minimum absolute atomic E-state index is 0.240. The molecule has 4 heterocycles. The SMILES string of the molecule is Brc1cc2c(cc1/C=N/Nc1nc(N3CCCC3)nc(N3CCCC3)n1)OCO2. The Morgan fingerprint density at radius 1 is 0.897 bits per heavy atom. The molecule has 1 aromatic carbocycles. The van der Waals surface area contributed by atoms with Crippen molar-refractivity contribution in [3.05, 3.63) is 22.2 Å². The fraction of sp³-hybridized carbons (Fsp3) is 0.474. The lowest BCUT2D eigenvalue weighted by Gasteiger charge is -2.20. The van der Waals surface area contributed by atoms with Gasteiger partial charge in [-0.25, -0.2) is 5.43 Å². The maximum Gasteiger partial charge on any atom is 0.250 e. The van der Waals surface area contributed by atoms with E-state index in [9.17, 15) is 0 Å². The quantitative estimate of drug-likeness (QED) is 0.539. The molecule has 1 aromatic heterocycles. The second kappa shape index (κ2) is 8.02. The van der Waals surface area contributed by atoms with Gasteiger partial charge >= 0.3 is 0 Å². The van der Waals surface area contributed by atoms with E-state index in [0.717, 1.165) is 53.9 Å². The van der Waals surface area contributed by atoms with Gasteiger partial charge < -0.3 is 19.3 Å². The number of halogens is 1. The van der Waals surface area contributed by atoms with E-state index in [1.54, 1.807) is 6.21 Å². The number of aromatic nitrogens is 3. The van der Waals surface area contributed by atoms with Crippen molar-refractivity contribution in [1.29, 1.82) is 0 Å². The molecule has 10 heteroatoms. The van der Waals surface area contributed by atoms with Crippen molar-refractivity contribution in [2.24, 2.45) is 5.10 Å². The summed E-state index contributed by atoms with van der Waals surface area (Å²) < 4.78 is 11.7. The molecule has 3 aliphatic heterocycles. The molecule has 2 saturated heterocycles. The van der Waals surface area contributed by atoms with Crippen LogP contribution in [0.3, 0.4) is 0 Å². The van der Waals surface area contributed by atoms with Crippen molar-refractivity contribution in [3.63, 3.8) is 0 Å². The third kappa shape index (κ3) is 3.93. The number of benzene rings is 1. The zero-order valence-electron chi connectivity index (χ0n) is 16.0. The number of rotatable bonds is 5. The summed E-state index contributed by atoms with van der Waals surface area (Å²) in [5.41, 5.74) is 3.85. The molecule has 152 valence electrons. The van der Waals surface area contributed by atoms with Gasteiger partial charge in [0, 0.05) is 36.2 Å². The van der Waals surface area contributed by atoms with Crippen molar-refractivity contribution in [1.82, 2.24) is 15.0 Å². The van der Waals surface area contributed by atoms with Gasteiger partial charge in [0.2, 0.25) is 24.6 Å². The first kappa shape index (κ1) is 18.4. The van der Waals surface area contributed by atoms with Crippen LogP contribution in [0, 0.1) is 0 Å². The van der Waals surface area contributed by atoms with E-state index in [1.807, 2.05) is 12.1 Å². The zero-order valence-corrected chi connectivity index (χ0v) is 17.6. The molecule has 2 fully saturated rings. The molecule has 0 saturated carbocycles. The van der Waals surface area contributed by atoms with Gasteiger partial charge in [0.1, 0.15) is 0 Å². The number of ether oxygens (including phenoxy) is 2. The van der Waals surface area contributed by atoms with Crippen molar-refractivity contribution in [2.45, 2.75) is 25.7 Å². The summed E-state index contributed by atoms with van der Waals surface area (Å²) in [5, 5.41) is 4.34. The van der Waals surface area contributed by atoms with Crippen LogP contribution < -0.4 is 24.7 Å². The highest BCUT2D eigenvalue weighted by molar-refractivity contribution is 9.10. The summed E-state index contributed by atoms with van der Waals surface area (Å²) in [6, 6.07) is 3.76. The average molecular weight is 460 g/mol. The highest BCUT2D eigenvalue weighted by atomic mass is 79.9. The predicted octanol–water partition coefficient (Wildman–Crippen LogP) is 3.01. The Balaban J connectivity index is 1.38. The highest BCUT2D eigenvalue weighted by Crippen LogP contribution is 2.36. The molecule has 9 nitrogen and oxygen atoms in total. The normalized spacial score (nSPS) is 18.2. The first-order valence-corrected chi connectivity index (χ1v) is 10.7. The third-order valence-electron chi connectivity index (χ3n) is 5.25. The molecule has 1 N–H and O–H groups in total. The largest absolute Gasteiger partial charge is 0.454 e. The summed E-state index contributed by atoms with van der Waals surface area (Å²) in [6.45, 7) is 4.17. The van der Waals surface area contributed by atoms with Gasteiger partial charge in [0.15, 0.2) is 11.5 Å². The summed E-state index contributed by atoms with van der Waals surface area (Å²) in [4.78, 5) is 18.3. The van der Waals surface area contributed by atoms with Crippen LogP contribution in [0.1, 0.15) is 31.2 Å². The maximum absolute atomic E-state index is 5.43. The van der Waals surface area contributed by atoms with E-state index in [-0.39, 0.29) is 6.79 Å². The standard InChI is InChI=1S/C19H22BrN7O2/c20-14-10-16-15(28-12-29-16)9-13(14)11-21-25-17-22-18(26-5-1-2-6-26)24-19(23-17)27-7-3-4-8-27/h9-11H,1-8,12H2,(H,22,23,24,25)/b21-11+.